The number of nitrogens with zero attached hydrogens (tertiary/aromatic N) is 1. The lowest BCUT2D eigenvalue weighted by Gasteiger charge is -2.12. The third-order valence-electron chi connectivity index (χ3n) is 2.61. The number of benzene rings is 2. The number of hydrogen-bond acceptors (Lipinski definition) is 3. The Balaban J connectivity index is 0.00000127. The molecule has 23 heavy (non-hydrogen) atoms. The van der Waals surface area contributed by atoms with E-state index < -0.39 is 17.8 Å². The van der Waals surface area contributed by atoms with Gasteiger partial charge in [0.2, 0.25) is 0 Å². The van der Waals surface area contributed by atoms with E-state index in [0.29, 0.717) is 0 Å². The van der Waals surface area contributed by atoms with Crippen molar-refractivity contribution in [3.8, 4) is 17.6 Å². The van der Waals surface area contributed by atoms with Gasteiger partial charge in [0.25, 0.3) is 6.43 Å². The summed E-state index contributed by atoms with van der Waals surface area (Å²) in [4.78, 5) is 0. The number of anilines is 1. The summed E-state index contributed by atoms with van der Waals surface area (Å²) in [7, 11) is 0. The first-order chi connectivity index (χ1) is 10.9. The van der Waals surface area contributed by atoms with Crippen molar-refractivity contribution in [3.63, 3.8) is 0 Å². The van der Waals surface area contributed by atoms with Gasteiger partial charge < -0.3 is 10.5 Å². The average Bonchev–Trinajstić information content (AvgIpc) is 2.56. The lowest BCUT2D eigenvalue weighted by atomic mass is 10.1. The summed E-state index contributed by atoms with van der Waals surface area (Å²) in [6, 6.07) is 7.85. The van der Waals surface area contributed by atoms with Crippen LogP contribution in [0.25, 0.3) is 0 Å². The number of nitrogens with two attached hydrogens (primary N) is 1. The average molecular weight is 387 g/mol. The van der Waals surface area contributed by atoms with Crippen LogP contribution in [0.2, 0.25) is 0 Å². The van der Waals surface area contributed by atoms with Crippen molar-refractivity contribution in [2.24, 2.45) is 0 Å². The fraction of sp³-hybridized carbons (Fsp3) is 0.188. The highest BCUT2D eigenvalue weighted by molar-refractivity contribution is 9.10. The molecular weight excluding hydrogens is 373 g/mol. The SMILES string of the molecule is CC.N#Cc1cc(Oc2c(N)ccc(Br)c2F)cc(C(F)F)c1. The Morgan fingerprint density at radius 1 is 1.22 bits per heavy atom. The van der Waals surface area contributed by atoms with Crippen LogP contribution in [0.5, 0.6) is 11.5 Å². The minimum Gasteiger partial charge on any atom is -0.452 e. The first-order valence-electron chi connectivity index (χ1n) is 6.67. The molecule has 7 heteroatoms. The summed E-state index contributed by atoms with van der Waals surface area (Å²) >= 11 is 2.98. The number of alkyl halides is 2. The molecule has 0 aliphatic carbocycles. The van der Waals surface area contributed by atoms with Crippen molar-refractivity contribution >= 4 is 21.6 Å². The minimum absolute atomic E-state index is 0.0108. The molecular formula is C16H14BrF3N2O. The van der Waals surface area contributed by atoms with E-state index in [0.717, 1.165) is 12.1 Å². The highest BCUT2D eigenvalue weighted by Crippen LogP contribution is 2.36. The molecule has 0 spiro atoms. The second-order valence-electron chi connectivity index (χ2n) is 4.09. The molecule has 2 rings (SSSR count). The number of ether oxygens (including phenoxy) is 1. The molecule has 0 aromatic heterocycles. The molecule has 2 aromatic rings. The second-order valence-corrected chi connectivity index (χ2v) is 4.94. The fourth-order valence-corrected chi connectivity index (χ4v) is 1.95. The minimum atomic E-state index is -2.77. The Kier molecular flexibility index (Phi) is 6.91. The molecule has 0 heterocycles. The molecule has 0 saturated heterocycles. The van der Waals surface area contributed by atoms with Crippen LogP contribution in [0, 0.1) is 17.1 Å². The van der Waals surface area contributed by atoms with E-state index in [1.54, 1.807) is 6.07 Å². The van der Waals surface area contributed by atoms with Gasteiger partial charge in [-0.15, -0.1) is 0 Å². The monoisotopic (exact) mass is 386 g/mol. The summed E-state index contributed by atoms with van der Waals surface area (Å²) in [5, 5.41) is 8.83. The summed E-state index contributed by atoms with van der Waals surface area (Å²) in [6.07, 6.45) is -2.77. The van der Waals surface area contributed by atoms with Gasteiger partial charge in [-0.25, -0.2) is 13.2 Å². The van der Waals surface area contributed by atoms with Gasteiger partial charge in [0.15, 0.2) is 11.6 Å². The molecule has 0 unspecified atom stereocenters. The smallest absolute Gasteiger partial charge is 0.264 e. The van der Waals surface area contributed by atoms with Crippen LogP contribution < -0.4 is 10.5 Å². The molecule has 0 fully saturated rings. The van der Waals surface area contributed by atoms with Crippen molar-refractivity contribution in [1.29, 1.82) is 5.26 Å². The number of hydrogen-bond donors (Lipinski definition) is 1. The molecule has 2 aromatic carbocycles. The first-order valence-corrected chi connectivity index (χ1v) is 7.46. The summed E-state index contributed by atoms with van der Waals surface area (Å²) in [5.41, 5.74) is 5.21. The lowest BCUT2D eigenvalue weighted by molar-refractivity contribution is 0.151. The van der Waals surface area contributed by atoms with Gasteiger partial charge in [-0.2, -0.15) is 5.26 Å². The Hall–Kier alpha value is -2.20. The van der Waals surface area contributed by atoms with Crippen LogP contribution >= 0.6 is 15.9 Å². The highest BCUT2D eigenvalue weighted by atomic mass is 79.9. The van der Waals surface area contributed by atoms with Gasteiger partial charge in [-0.1, -0.05) is 13.8 Å². The molecule has 0 atom stereocenters. The van der Waals surface area contributed by atoms with Crippen molar-refractivity contribution in [2.45, 2.75) is 20.3 Å². The topological polar surface area (TPSA) is 59.0 Å². The predicted octanol–water partition coefficient (Wildman–Crippen LogP) is 5.80. The van der Waals surface area contributed by atoms with Crippen molar-refractivity contribution in [2.75, 3.05) is 5.73 Å². The standard InChI is InChI=1S/C14H8BrF3N2O.C2H6/c15-10-1-2-11(20)13(12(10)16)21-9-4-7(6-19)3-8(5-9)14(17)18;1-2/h1-5,14H,20H2;1-2H3. The van der Waals surface area contributed by atoms with Crippen molar-refractivity contribution < 1.29 is 17.9 Å². The molecule has 0 saturated carbocycles. The number of nitrogen functional groups attached to an aromatic ring is 1. The zero-order chi connectivity index (χ0) is 17.6. The zero-order valence-electron chi connectivity index (χ0n) is 12.4. The Morgan fingerprint density at radius 3 is 2.43 bits per heavy atom. The highest BCUT2D eigenvalue weighted by Gasteiger charge is 2.15. The maximum Gasteiger partial charge on any atom is 0.264 e. The van der Waals surface area contributed by atoms with Gasteiger partial charge in [0, 0.05) is 5.56 Å². The largest absolute Gasteiger partial charge is 0.452 e. The van der Waals surface area contributed by atoms with E-state index in [2.05, 4.69) is 15.9 Å². The molecule has 0 aliphatic rings. The number of halogens is 4. The number of rotatable bonds is 3. The quantitative estimate of drug-likeness (QED) is 0.678. The van der Waals surface area contributed by atoms with Gasteiger partial charge >= 0.3 is 0 Å². The third kappa shape index (κ3) is 4.63. The van der Waals surface area contributed by atoms with Gasteiger partial charge in [-0.05, 0) is 46.3 Å². The van der Waals surface area contributed by atoms with E-state index >= 15 is 0 Å². The maximum absolute atomic E-state index is 13.9. The second kappa shape index (κ2) is 8.44. The molecule has 0 amide bonds. The van der Waals surface area contributed by atoms with Crippen LogP contribution in [0.3, 0.4) is 0 Å². The molecule has 3 nitrogen and oxygen atoms in total. The zero-order valence-corrected chi connectivity index (χ0v) is 14.0. The van der Waals surface area contributed by atoms with Crippen LogP contribution in [-0.4, -0.2) is 0 Å². The van der Waals surface area contributed by atoms with E-state index in [1.807, 2.05) is 13.8 Å². The van der Waals surface area contributed by atoms with Gasteiger partial charge in [0.05, 0.1) is 21.8 Å². The van der Waals surface area contributed by atoms with Gasteiger partial charge in [-0.3, -0.25) is 0 Å². The van der Waals surface area contributed by atoms with E-state index in [-0.39, 0.29) is 27.2 Å². The van der Waals surface area contributed by atoms with Crippen LogP contribution in [0.4, 0.5) is 18.9 Å². The van der Waals surface area contributed by atoms with Gasteiger partial charge in [0.1, 0.15) is 5.75 Å². The molecule has 0 radical (unpaired) electrons. The molecule has 2 N–H and O–H groups in total. The normalized spacial score (nSPS) is 9.83. The molecule has 122 valence electrons. The predicted molar refractivity (Wildman–Crippen MR) is 86.0 cm³/mol. The van der Waals surface area contributed by atoms with E-state index in [1.165, 1.54) is 18.2 Å². The van der Waals surface area contributed by atoms with E-state index in [4.69, 9.17) is 15.7 Å². The van der Waals surface area contributed by atoms with Crippen LogP contribution in [-0.2, 0) is 0 Å². The Bertz CT molecular complexity index is 730. The third-order valence-corrected chi connectivity index (χ3v) is 3.22. The van der Waals surface area contributed by atoms with E-state index in [9.17, 15) is 13.2 Å². The molecule has 0 aliphatic heterocycles. The maximum atomic E-state index is 13.9. The first kappa shape index (κ1) is 18.8. The Morgan fingerprint density at radius 2 is 1.87 bits per heavy atom. The van der Waals surface area contributed by atoms with Crippen LogP contribution in [0.15, 0.2) is 34.8 Å². The van der Waals surface area contributed by atoms with Crippen molar-refractivity contribution in [1.82, 2.24) is 0 Å². The molecule has 0 bridgehead atoms. The summed E-state index contributed by atoms with van der Waals surface area (Å²) in [5.74, 6) is -1.14. The summed E-state index contributed by atoms with van der Waals surface area (Å²) < 4.78 is 44.8. The summed E-state index contributed by atoms with van der Waals surface area (Å²) in [6.45, 7) is 4.00. The Labute approximate surface area is 140 Å². The number of nitriles is 1. The lowest BCUT2D eigenvalue weighted by Crippen LogP contribution is -1.97. The van der Waals surface area contributed by atoms with Crippen LogP contribution in [0.1, 0.15) is 31.4 Å². The van der Waals surface area contributed by atoms with Crippen molar-refractivity contribution in [3.05, 3.63) is 51.7 Å². The fourth-order valence-electron chi connectivity index (χ4n) is 1.64.